The minimum atomic E-state index is 0.510. The normalized spacial score (nSPS) is 10.7. The maximum absolute atomic E-state index is 5.80. The first-order valence-corrected chi connectivity index (χ1v) is 7.11. The molecule has 0 aliphatic heterocycles. The molecule has 0 aliphatic carbocycles. The van der Waals surface area contributed by atoms with Crippen LogP contribution in [-0.4, -0.2) is 15.9 Å². The van der Waals surface area contributed by atoms with Crippen molar-refractivity contribution in [3.63, 3.8) is 0 Å². The molecule has 0 atom stereocenters. The van der Waals surface area contributed by atoms with Crippen molar-refractivity contribution in [2.75, 3.05) is 11.5 Å². The molecule has 2 rings (SSSR count). The number of nitrogen functional groups attached to an aromatic ring is 1. The van der Waals surface area contributed by atoms with Crippen molar-refractivity contribution in [1.29, 1.82) is 0 Å². The van der Waals surface area contributed by atoms with Crippen LogP contribution in [0.15, 0.2) is 27.2 Å². The zero-order valence-corrected chi connectivity index (χ0v) is 11.7. The molecule has 0 spiro atoms. The topological polar surface area (TPSA) is 64.9 Å². The van der Waals surface area contributed by atoms with Gasteiger partial charge in [0.05, 0.1) is 5.75 Å². The molecule has 0 fully saturated rings. The lowest BCUT2D eigenvalue weighted by atomic mass is 10.2. The van der Waals surface area contributed by atoms with Gasteiger partial charge in [-0.2, -0.15) is 16.7 Å². The van der Waals surface area contributed by atoms with Crippen LogP contribution in [-0.2, 0) is 5.75 Å². The van der Waals surface area contributed by atoms with Crippen LogP contribution >= 0.6 is 27.7 Å². The summed E-state index contributed by atoms with van der Waals surface area (Å²) in [5, 5.41) is 3.92. The molecule has 2 aromatic rings. The third-order valence-corrected chi connectivity index (χ3v) is 3.74. The zero-order valence-electron chi connectivity index (χ0n) is 9.31. The monoisotopic (exact) mass is 313 g/mol. The van der Waals surface area contributed by atoms with Gasteiger partial charge >= 0.3 is 0 Å². The van der Waals surface area contributed by atoms with E-state index in [2.05, 4.69) is 33.0 Å². The lowest BCUT2D eigenvalue weighted by Gasteiger charge is -1.99. The molecule has 1 aromatic heterocycles. The van der Waals surface area contributed by atoms with Crippen molar-refractivity contribution in [1.82, 2.24) is 10.1 Å². The average Bonchev–Trinajstić information content (AvgIpc) is 2.79. The van der Waals surface area contributed by atoms with Gasteiger partial charge in [-0.1, -0.05) is 12.1 Å². The van der Waals surface area contributed by atoms with Crippen LogP contribution in [0.3, 0.4) is 0 Å². The molecule has 2 N–H and O–H groups in total. The molecule has 0 unspecified atom stereocenters. The van der Waals surface area contributed by atoms with E-state index in [1.54, 1.807) is 11.8 Å². The van der Waals surface area contributed by atoms with Crippen LogP contribution in [0.4, 0.5) is 5.69 Å². The Kier molecular flexibility index (Phi) is 4.06. The van der Waals surface area contributed by atoms with Crippen molar-refractivity contribution in [2.24, 2.45) is 0 Å². The lowest BCUT2D eigenvalue weighted by molar-refractivity contribution is 0.425. The summed E-state index contributed by atoms with van der Waals surface area (Å²) in [5.41, 5.74) is 7.30. The van der Waals surface area contributed by atoms with Gasteiger partial charge in [0.15, 0.2) is 5.82 Å². The van der Waals surface area contributed by atoms with Gasteiger partial charge in [-0.05, 0) is 39.9 Å². The Balaban J connectivity index is 2.21. The van der Waals surface area contributed by atoms with Crippen molar-refractivity contribution >= 4 is 33.4 Å². The molecule has 17 heavy (non-hydrogen) atoms. The van der Waals surface area contributed by atoms with Crippen LogP contribution in [0.1, 0.15) is 12.7 Å². The minimum Gasteiger partial charge on any atom is -0.398 e. The van der Waals surface area contributed by atoms with E-state index in [0.717, 1.165) is 21.5 Å². The first-order valence-electron chi connectivity index (χ1n) is 5.16. The highest BCUT2D eigenvalue weighted by Gasteiger charge is 2.09. The fraction of sp³-hybridized carbons (Fsp3) is 0.273. The van der Waals surface area contributed by atoms with Crippen LogP contribution in [0.25, 0.3) is 11.5 Å². The molecule has 0 saturated carbocycles. The van der Waals surface area contributed by atoms with E-state index in [1.165, 1.54) is 0 Å². The maximum atomic E-state index is 5.80. The maximum Gasteiger partial charge on any atom is 0.258 e. The fourth-order valence-electron chi connectivity index (χ4n) is 1.30. The van der Waals surface area contributed by atoms with Crippen molar-refractivity contribution < 1.29 is 4.52 Å². The number of hydrogen-bond acceptors (Lipinski definition) is 5. The summed E-state index contributed by atoms with van der Waals surface area (Å²) in [6.45, 7) is 2.10. The molecule has 1 heterocycles. The predicted octanol–water partition coefficient (Wildman–Crippen LogP) is 3.33. The molecule has 90 valence electrons. The molecular weight excluding hydrogens is 302 g/mol. The summed E-state index contributed by atoms with van der Waals surface area (Å²) in [6.07, 6.45) is 0. The lowest BCUT2D eigenvalue weighted by Crippen LogP contribution is -1.88. The van der Waals surface area contributed by atoms with Gasteiger partial charge in [-0.3, -0.25) is 0 Å². The molecule has 0 bridgehead atoms. The molecule has 0 radical (unpaired) electrons. The standard InChI is InChI=1S/C11H12BrN3OS/c1-2-17-6-10-14-11(16-15-10)7-3-4-8(12)9(13)5-7/h3-5H,2,6,13H2,1H3. The second-order valence-corrected chi connectivity index (χ2v) is 5.52. The van der Waals surface area contributed by atoms with Gasteiger partial charge in [0.1, 0.15) is 0 Å². The van der Waals surface area contributed by atoms with Gasteiger partial charge in [0.25, 0.3) is 5.89 Å². The largest absolute Gasteiger partial charge is 0.398 e. The number of rotatable bonds is 4. The van der Waals surface area contributed by atoms with Crippen LogP contribution < -0.4 is 5.73 Å². The highest BCUT2D eigenvalue weighted by molar-refractivity contribution is 9.10. The Morgan fingerprint density at radius 1 is 1.47 bits per heavy atom. The first kappa shape index (κ1) is 12.4. The van der Waals surface area contributed by atoms with Gasteiger partial charge < -0.3 is 10.3 Å². The second kappa shape index (κ2) is 5.55. The summed E-state index contributed by atoms with van der Waals surface area (Å²) >= 11 is 5.10. The van der Waals surface area contributed by atoms with Crippen molar-refractivity contribution in [2.45, 2.75) is 12.7 Å². The molecule has 0 aliphatic rings. The number of hydrogen-bond donors (Lipinski definition) is 1. The quantitative estimate of drug-likeness (QED) is 0.877. The number of nitrogens with two attached hydrogens (primary N) is 1. The Morgan fingerprint density at radius 3 is 3.00 bits per heavy atom. The number of thioether (sulfide) groups is 1. The number of benzene rings is 1. The Bertz CT molecular complexity index is 515. The smallest absolute Gasteiger partial charge is 0.258 e. The van der Waals surface area contributed by atoms with E-state index < -0.39 is 0 Å². The molecule has 0 amide bonds. The molecule has 6 heteroatoms. The summed E-state index contributed by atoms with van der Waals surface area (Å²) in [4.78, 5) is 4.32. The van der Waals surface area contributed by atoms with Crippen LogP contribution in [0.5, 0.6) is 0 Å². The van der Waals surface area contributed by atoms with E-state index in [1.807, 2.05) is 18.2 Å². The third kappa shape index (κ3) is 3.01. The van der Waals surface area contributed by atoms with Crippen LogP contribution in [0, 0.1) is 0 Å². The molecular formula is C11H12BrN3OS. The fourth-order valence-corrected chi connectivity index (χ4v) is 2.05. The van der Waals surface area contributed by atoms with Gasteiger partial charge in [0.2, 0.25) is 0 Å². The molecule has 0 saturated heterocycles. The van der Waals surface area contributed by atoms with Gasteiger partial charge in [-0.25, -0.2) is 0 Å². The number of nitrogens with zero attached hydrogens (tertiary/aromatic N) is 2. The third-order valence-electron chi connectivity index (χ3n) is 2.15. The van der Waals surface area contributed by atoms with E-state index in [0.29, 0.717) is 17.4 Å². The highest BCUT2D eigenvalue weighted by Crippen LogP contribution is 2.26. The Labute approximate surface area is 112 Å². The van der Waals surface area contributed by atoms with Gasteiger partial charge in [-0.15, -0.1) is 0 Å². The number of anilines is 1. The summed E-state index contributed by atoms with van der Waals surface area (Å²) in [6, 6.07) is 5.58. The minimum absolute atomic E-state index is 0.510. The van der Waals surface area contributed by atoms with E-state index >= 15 is 0 Å². The summed E-state index contributed by atoms with van der Waals surface area (Å²) < 4.78 is 6.06. The predicted molar refractivity (Wildman–Crippen MR) is 73.7 cm³/mol. The summed E-state index contributed by atoms with van der Waals surface area (Å²) in [5.74, 6) is 3.03. The second-order valence-electron chi connectivity index (χ2n) is 3.39. The summed E-state index contributed by atoms with van der Waals surface area (Å²) in [7, 11) is 0. The first-order chi connectivity index (χ1) is 8.20. The van der Waals surface area contributed by atoms with Crippen molar-refractivity contribution in [3.8, 4) is 11.5 Å². The average molecular weight is 314 g/mol. The molecule has 1 aromatic carbocycles. The highest BCUT2D eigenvalue weighted by atomic mass is 79.9. The van der Waals surface area contributed by atoms with Gasteiger partial charge in [0, 0.05) is 15.7 Å². The van der Waals surface area contributed by atoms with E-state index in [9.17, 15) is 0 Å². The van der Waals surface area contributed by atoms with E-state index in [-0.39, 0.29) is 0 Å². The number of aromatic nitrogens is 2. The van der Waals surface area contributed by atoms with Crippen molar-refractivity contribution in [3.05, 3.63) is 28.5 Å². The van der Waals surface area contributed by atoms with E-state index in [4.69, 9.17) is 10.3 Å². The number of halogens is 1. The zero-order chi connectivity index (χ0) is 12.3. The Hall–Kier alpha value is -1.01. The molecule has 4 nitrogen and oxygen atoms in total. The SMILES string of the molecule is CCSCc1noc(-c2ccc(Br)c(N)c2)n1. The Morgan fingerprint density at radius 2 is 2.29 bits per heavy atom. The van der Waals surface area contributed by atoms with Crippen LogP contribution in [0.2, 0.25) is 0 Å².